The number of aromatic amines is 1. The number of sulfonamides is 1. The van der Waals surface area contributed by atoms with Crippen molar-refractivity contribution in [3.8, 4) is 17.1 Å². The van der Waals surface area contributed by atoms with Crippen LogP contribution in [0.4, 0.5) is 5.69 Å². The van der Waals surface area contributed by atoms with Crippen LogP contribution in [0.2, 0.25) is 0 Å². The highest BCUT2D eigenvalue weighted by Crippen LogP contribution is 2.33. The molecule has 0 saturated heterocycles. The Hall–Kier alpha value is -3.66. The number of rotatable bonds is 6. The fourth-order valence-corrected chi connectivity index (χ4v) is 4.95. The minimum Gasteiger partial charge on any atom is -0.493 e. The van der Waals surface area contributed by atoms with Gasteiger partial charge in [0.15, 0.2) is 5.52 Å². The van der Waals surface area contributed by atoms with E-state index < -0.39 is 10.0 Å². The Labute approximate surface area is 204 Å². The molecule has 2 aromatic heterocycles. The summed E-state index contributed by atoms with van der Waals surface area (Å²) in [6, 6.07) is 11.6. The number of fused-ring (bicyclic) bond motifs is 1. The predicted octanol–water partition coefficient (Wildman–Crippen LogP) is 4.13. The van der Waals surface area contributed by atoms with Crippen LogP contribution in [0.3, 0.4) is 0 Å². The van der Waals surface area contributed by atoms with Crippen LogP contribution in [-0.2, 0) is 22.5 Å². The van der Waals surface area contributed by atoms with Gasteiger partial charge in [0.25, 0.3) is 15.6 Å². The Balaban J connectivity index is 1.89. The molecule has 9 nitrogen and oxygen atoms in total. The van der Waals surface area contributed by atoms with E-state index in [4.69, 9.17) is 9.72 Å². The molecule has 0 radical (unpaired) electrons. The normalized spacial score (nSPS) is 12.2. The number of aryl methyl sites for hydroxylation is 2. The van der Waals surface area contributed by atoms with E-state index in [1.54, 1.807) is 31.3 Å². The van der Waals surface area contributed by atoms with Gasteiger partial charge < -0.3 is 9.72 Å². The van der Waals surface area contributed by atoms with Crippen LogP contribution in [0, 0.1) is 6.92 Å². The summed E-state index contributed by atoms with van der Waals surface area (Å²) in [7, 11) is -2.22. The maximum Gasteiger partial charge on any atom is 0.277 e. The van der Waals surface area contributed by atoms with Crippen molar-refractivity contribution >= 4 is 26.7 Å². The molecule has 2 heterocycles. The maximum atomic E-state index is 13.2. The SMILES string of the molecule is CCOc1ccc(S(=O)(=O)Nc2cccc(C)c2)cc1-c1nc2c(C(C)(C)C)nn(C)c2c(=O)[nH]1. The van der Waals surface area contributed by atoms with E-state index in [2.05, 4.69) is 14.8 Å². The number of nitrogens with zero attached hydrogens (tertiary/aromatic N) is 3. The molecule has 184 valence electrons. The molecule has 0 aliphatic heterocycles. The first-order chi connectivity index (χ1) is 16.4. The summed E-state index contributed by atoms with van der Waals surface area (Å²) in [6.07, 6.45) is 0. The Morgan fingerprint density at radius 3 is 2.54 bits per heavy atom. The smallest absolute Gasteiger partial charge is 0.277 e. The molecule has 35 heavy (non-hydrogen) atoms. The van der Waals surface area contributed by atoms with Crippen LogP contribution in [0.5, 0.6) is 5.75 Å². The van der Waals surface area contributed by atoms with Crippen molar-refractivity contribution in [3.63, 3.8) is 0 Å². The monoisotopic (exact) mass is 495 g/mol. The van der Waals surface area contributed by atoms with E-state index in [1.807, 2.05) is 40.7 Å². The van der Waals surface area contributed by atoms with Gasteiger partial charge in [-0.25, -0.2) is 13.4 Å². The number of nitrogens with one attached hydrogen (secondary N) is 2. The summed E-state index contributed by atoms with van der Waals surface area (Å²) >= 11 is 0. The molecular formula is C25H29N5O4S. The lowest BCUT2D eigenvalue weighted by atomic mass is 9.91. The van der Waals surface area contributed by atoms with Crippen LogP contribution in [0.15, 0.2) is 52.2 Å². The molecule has 0 unspecified atom stereocenters. The number of hydrogen-bond donors (Lipinski definition) is 2. The Bertz CT molecular complexity index is 1580. The predicted molar refractivity (Wildman–Crippen MR) is 136 cm³/mol. The molecule has 4 rings (SSSR count). The van der Waals surface area contributed by atoms with Crippen molar-refractivity contribution in [2.75, 3.05) is 11.3 Å². The molecule has 2 aromatic carbocycles. The first-order valence-corrected chi connectivity index (χ1v) is 12.7. The molecule has 0 bridgehead atoms. The number of hydrogen-bond acceptors (Lipinski definition) is 6. The molecule has 0 aliphatic rings. The molecule has 0 spiro atoms. The van der Waals surface area contributed by atoms with Crippen molar-refractivity contribution in [3.05, 3.63) is 64.1 Å². The second kappa shape index (κ2) is 8.84. The number of ether oxygens (including phenoxy) is 1. The topological polar surface area (TPSA) is 119 Å². The van der Waals surface area contributed by atoms with E-state index >= 15 is 0 Å². The summed E-state index contributed by atoms with van der Waals surface area (Å²) < 4.78 is 36.2. The fraction of sp³-hybridized carbons (Fsp3) is 0.320. The van der Waals surface area contributed by atoms with Crippen LogP contribution in [0.1, 0.15) is 39.0 Å². The zero-order chi connectivity index (χ0) is 25.5. The number of benzene rings is 2. The molecule has 0 aliphatic carbocycles. The second-order valence-electron chi connectivity index (χ2n) is 9.40. The minimum absolute atomic E-state index is 0.0161. The van der Waals surface area contributed by atoms with Crippen molar-refractivity contribution in [1.29, 1.82) is 0 Å². The lowest BCUT2D eigenvalue weighted by molar-refractivity contribution is 0.341. The highest BCUT2D eigenvalue weighted by molar-refractivity contribution is 7.92. The Kier molecular flexibility index (Phi) is 6.18. The van der Waals surface area contributed by atoms with E-state index in [0.717, 1.165) is 5.56 Å². The maximum absolute atomic E-state index is 13.2. The van der Waals surface area contributed by atoms with Crippen LogP contribution >= 0.6 is 0 Å². The summed E-state index contributed by atoms with van der Waals surface area (Å²) in [4.78, 5) is 20.6. The van der Waals surface area contributed by atoms with Crippen LogP contribution < -0.4 is 15.0 Å². The first kappa shape index (κ1) is 24.5. The van der Waals surface area contributed by atoms with Crippen molar-refractivity contribution in [2.45, 2.75) is 44.9 Å². The summed E-state index contributed by atoms with van der Waals surface area (Å²) in [5.74, 6) is 0.614. The van der Waals surface area contributed by atoms with Gasteiger partial charge in [-0.05, 0) is 49.7 Å². The molecule has 0 atom stereocenters. The van der Waals surface area contributed by atoms with Crippen molar-refractivity contribution < 1.29 is 13.2 Å². The lowest BCUT2D eigenvalue weighted by Gasteiger charge is -2.16. The van der Waals surface area contributed by atoms with Gasteiger partial charge in [0.05, 0.1) is 22.8 Å². The summed E-state index contributed by atoms with van der Waals surface area (Å²) in [5.41, 5.74) is 2.51. The third kappa shape index (κ3) is 4.79. The van der Waals surface area contributed by atoms with Crippen molar-refractivity contribution in [1.82, 2.24) is 19.7 Å². The summed E-state index contributed by atoms with van der Waals surface area (Å²) in [6.45, 7) is 10.0. The van der Waals surface area contributed by atoms with Gasteiger partial charge in [0.2, 0.25) is 0 Å². The van der Waals surface area contributed by atoms with Gasteiger partial charge >= 0.3 is 0 Å². The highest BCUT2D eigenvalue weighted by Gasteiger charge is 2.26. The zero-order valence-electron chi connectivity index (χ0n) is 20.6. The molecule has 2 N–H and O–H groups in total. The summed E-state index contributed by atoms with van der Waals surface area (Å²) in [5, 5.41) is 4.52. The third-order valence-electron chi connectivity index (χ3n) is 5.49. The Morgan fingerprint density at radius 1 is 1.14 bits per heavy atom. The van der Waals surface area contributed by atoms with Gasteiger partial charge in [0.1, 0.15) is 17.1 Å². The van der Waals surface area contributed by atoms with Gasteiger partial charge in [-0.3, -0.25) is 14.2 Å². The third-order valence-corrected chi connectivity index (χ3v) is 6.87. The number of H-pyrrole nitrogens is 1. The van der Waals surface area contributed by atoms with Crippen LogP contribution in [0.25, 0.3) is 22.4 Å². The van der Waals surface area contributed by atoms with Crippen molar-refractivity contribution in [2.24, 2.45) is 7.05 Å². The molecule has 4 aromatic rings. The molecule has 0 fully saturated rings. The lowest BCUT2D eigenvalue weighted by Crippen LogP contribution is -2.15. The number of anilines is 1. The van der Waals surface area contributed by atoms with E-state index in [-0.39, 0.29) is 21.7 Å². The van der Waals surface area contributed by atoms with Gasteiger partial charge in [-0.1, -0.05) is 32.9 Å². The highest BCUT2D eigenvalue weighted by atomic mass is 32.2. The van der Waals surface area contributed by atoms with Gasteiger partial charge in [0, 0.05) is 18.2 Å². The van der Waals surface area contributed by atoms with E-state index in [1.165, 1.54) is 16.8 Å². The second-order valence-corrected chi connectivity index (χ2v) is 11.1. The number of aromatic nitrogens is 4. The fourth-order valence-electron chi connectivity index (χ4n) is 3.88. The first-order valence-electron chi connectivity index (χ1n) is 11.2. The average molecular weight is 496 g/mol. The minimum atomic E-state index is -3.91. The largest absolute Gasteiger partial charge is 0.493 e. The standard InChI is InChI=1S/C25H29N5O4S/c1-7-34-19-12-11-17(35(32,33)29-16-10-8-9-15(2)13-16)14-18(19)23-26-20-21(24(31)27-23)30(6)28-22(20)25(3,4)5/h8-14,29H,7H2,1-6H3,(H,26,27,31). The molecule has 0 amide bonds. The average Bonchev–Trinajstić information content (AvgIpc) is 3.11. The molecule has 10 heteroatoms. The van der Waals surface area contributed by atoms with E-state index in [9.17, 15) is 13.2 Å². The quantitative estimate of drug-likeness (QED) is 0.415. The zero-order valence-corrected chi connectivity index (χ0v) is 21.4. The van der Waals surface area contributed by atoms with Gasteiger partial charge in [-0.15, -0.1) is 0 Å². The van der Waals surface area contributed by atoms with E-state index in [0.29, 0.717) is 40.3 Å². The van der Waals surface area contributed by atoms with Gasteiger partial charge in [-0.2, -0.15) is 5.10 Å². The molecule has 0 saturated carbocycles. The Morgan fingerprint density at radius 2 is 1.89 bits per heavy atom. The van der Waals surface area contributed by atoms with Crippen LogP contribution in [-0.4, -0.2) is 34.8 Å². The molecular weight excluding hydrogens is 466 g/mol.